The zero-order chi connectivity index (χ0) is 7.84. The van der Waals surface area contributed by atoms with E-state index in [1.165, 1.54) is 5.56 Å². The first-order chi connectivity index (χ1) is 5.29. The highest BCUT2D eigenvalue weighted by atomic mass is 16.3. The number of hydrogen-bond donors (Lipinski definition) is 1. The van der Waals surface area contributed by atoms with Gasteiger partial charge in [-0.05, 0) is 24.5 Å². The molecule has 0 aliphatic carbocycles. The summed E-state index contributed by atoms with van der Waals surface area (Å²) in [5.74, 6) is 1.71. The van der Waals surface area contributed by atoms with Gasteiger partial charge in [-0.25, -0.2) is 0 Å². The Balaban J connectivity index is 2.43. The molecule has 2 heteroatoms. The molecular formula is C9H13NO. The lowest BCUT2D eigenvalue weighted by Crippen LogP contribution is -2.29. The lowest BCUT2D eigenvalue weighted by Gasteiger charge is -2.23. The minimum absolute atomic E-state index is 0.385. The lowest BCUT2D eigenvalue weighted by atomic mass is 9.95. The third-order valence-electron chi connectivity index (χ3n) is 2.38. The van der Waals surface area contributed by atoms with Gasteiger partial charge in [0.2, 0.25) is 0 Å². The molecule has 1 aromatic heterocycles. The van der Waals surface area contributed by atoms with E-state index in [4.69, 9.17) is 4.42 Å². The normalized spacial score (nSPS) is 30.0. The summed E-state index contributed by atoms with van der Waals surface area (Å²) in [7, 11) is 0. The van der Waals surface area contributed by atoms with Crippen molar-refractivity contribution in [1.82, 2.24) is 5.32 Å². The molecule has 0 saturated carbocycles. The summed E-state index contributed by atoms with van der Waals surface area (Å²) in [6.45, 7) is 5.41. The van der Waals surface area contributed by atoms with Crippen molar-refractivity contribution in [3.63, 3.8) is 0 Å². The van der Waals surface area contributed by atoms with Crippen LogP contribution in [0.25, 0.3) is 0 Å². The summed E-state index contributed by atoms with van der Waals surface area (Å²) in [4.78, 5) is 0. The third-order valence-corrected chi connectivity index (χ3v) is 2.38. The summed E-state index contributed by atoms with van der Waals surface area (Å²) < 4.78 is 5.38. The standard InChI is InChI=1S/C9H13NO/c1-6-5-10-7(2)9-8(6)3-4-11-9/h3-4,6-7,10H,5H2,1-2H3. The van der Waals surface area contributed by atoms with Gasteiger partial charge >= 0.3 is 0 Å². The van der Waals surface area contributed by atoms with Crippen LogP contribution in [0.5, 0.6) is 0 Å². The zero-order valence-corrected chi connectivity index (χ0v) is 6.92. The lowest BCUT2D eigenvalue weighted by molar-refractivity contribution is 0.391. The van der Waals surface area contributed by atoms with Crippen LogP contribution in [0.2, 0.25) is 0 Å². The largest absolute Gasteiger partial charge is 0.467 e. The van der Waals surface area contributed by atoms with E-state index in [-0.39, 0.29) is 0 Å². The fraction of sp³-hybridized carbons (Fsp3) is 0.556. The van der Waals surface area contributed by atoms with Crippen LogP contribution in [0.3, 0.4) is 0 Å². The van der Waals surface area contributed by atoms with Crippen molar-refractivity contribution in [2.45, 2.75) is 25.8 Å². The highest BCUT2D eigenvalue weighted by Gasteiger charge is 2.23. The van der Waals surface area contributed by atoms with Crippen molar-refractivity contribution in [3.05, 3.63) is 23.7 Å². The fourth-order valence-corrected chi connectivity index (χ4v) is 1.65. The summed E-state index contributed by atoms with van der Waals surface area (Å²) in [5, 5.41) is 3.38. The Morgan fingerprint density at radius 2 is 2.36 bits per heavy atom. The van der Waals surface area contributed by atoms with Gasteiger partial charge in [-0.15, -0.1) is 0 Å². The molecule has 1 aromatic rings. The summed E-state index contributed by atoms with van der Waals surface area (Å²) in [5.41, 5.74) is 1.37. The number of fused-ring (bicyclic) bond motifs is 1. The topological polar surface area (TPSA) is 25.2 Å². The van der Waals surface area contributed by atoms with Crippen LogP contribution in [-0.4, -0.2) is 6.54 Å². The molecule has 0 radical (unpaired) electrons. The summed E-state index contributed by atoms with van der Waals surface area (Å²) in [6.07, 6.45) is 1.78. The molecule has 2 rings (SSSR count). The Kier molecular flexibility index (Phi) is 1.50. The van der Waals surface area contributed by atoms with Crippen molar-refractivity contribution >= 4 is 0 Å². The Hall–Kier alpha value is -0.760. The maximum Gasteiger partial charge on any atom is 0.123 e. The first kappa shape index (κ1) is 6.92. The predicted octanol–water partition coefficient (Wildman–Crippen LogP) is 2.05. The van der Waals surface area contributed by atoms with Crippen LogP contribution in [0.4, 0.5) is 0 Å². The quantitative estimate of drug-likeness (QED) is 0.614. The van der Waals surface area contributed by atoms with Crippen LogP contribution >= 0.6 is 0 Å². The van der Waals surface area contributed by atoms with E-state index in [1.807, 2.05) is 0 Å². The molecule has 1 N–H and O–H groups in total. The first-order valence-corrected chi connectivity index (χ1v) is 4.09. The van der Waals surface area contributed by atoms with Crippen molar-refractivity contribution in [2.75, 3.05) is 6.54 Å². The molecule has 60 valence electrons. The molecular weight excluding hydrogens is 138 g/mol. The molecule has 0 spiro atoms. The van der Waals surface area contributed by atoms with Gasteiger partial charge in [0, 0.05) is 6.54 Å². The van der Waals surface area contributed by atoms with Crippen LogP contribution in [-0.2, 0) is 0 Å². The second-order valence-corrected chi connectivity index (χ2v) is 3.27. The van der Waals surface area contributed by atoms with Gasteiger partial charge in [-0.1, -0.05) is 6.92 Å². The Morgan fingerprint density at radius 1 is 1.55 bits per heavy atom. The van der Waals surface area contributed by atoms with Crippen molar-refractivity contribution < 1.29 is 4.42 Å². The molecule has 2 nitrogen and oxygen atoms in total. The number of furan rings is 1. The van der Waals surface area contributed by atoms with E-state index < -0.39 is 0 Å². The Bertz CT molecular complexity index is 229. The fourth-order valence-electron chi connectivity index (χ4n) is 1.65. The smallest absolute Gasteiger partial charge is 0.123 e. The maximum absolute atomic E-state index is 5.38. The van der Waals surface area contributed by atoms with E-state index in [0.29, 0.717) is 12.0 Å². The SMILES string of the molecule is CC1CNC(C)c2occc21. The Labute approximate surface area is 66.6 Å². The van der Waals surface area contributed by atoms with Gasteiger partial charge in [-0.2, -0.15) is 0 Å². The van der Waals surface area contributed by atoms with Gasteiger partial charge < -0.3 is 9.73 Å². The van der Waals surface area contributed by atoms with Crippen LogP contribution < -0.4 is 5.32 Å². The first-order valence-electron chi connectivity index (χ1n) is 4.09. The molecule has 0 fully saturated rings. The van der Waals surface area contributed by atoms with E-state index in [0.717, 1.165) is 12.3 Å². The number of hydrogen-bond acceptors (Lipinski definition) is 2. The second-order valence-electron chi connectivity index (χ2n) is 3.27. The molecule has 2 atom stereocenters. The van der Waals surface area contributed by atoms with Gasteiger partial charge in [0.1, 0.15) is 5.76 Å². The zero-order valence-electron chi connectivity index (χ0n) is 6.92. The van der Waals surface area contributed by atoms with Crippen molar-refractivity contribution in [3.8, 4) is 0 Å². The van der Waals surface area contributed by atoms with Crippen LogP contribution in [0.1, 0.15) is 37.1 Å². The highest BCUT2D eigenvalue weighted by Crippen LogP contribution is 2.29. The Morgan fingerprint density at radius 3 is 3.09 bits per heavy atom. The monoisotopic (exact) mass is 151 g/mol. The minimum atomic E-state index is 0.385. The molecule has 2 unspecified atom stereocenters. The van der Waals surface area contributed by atoms with Gasteiger partial charge in [0.05, 0.1) is 12.3 Å². The molecule has 0 saturated heterocycles. The van der Waals surface area contributed by atoms with Gasteiger partial charge in [0.25, 0.3) is 0 Å². The summed E-state index contributed by atoms with van der Waals surface area (Å²) in [6, 6.07) is 2.47. The molecule has 0 amide bonds. The van der Waals surface area contributed by atoms with Crippen LogP contribution in [0.15, 0.2) is 16.7 Å². The molecule has 11 heavy (non-hydrogen) atoms. The van der Waals surface area contributed by atoms with Crippen molar-refractivity contribution in [1.29, 1.82) is 0 Å². The second kappa shape index (κ2) is 2.38. The van der Waals surface area contributed by atoms with Crippen molar-refractivity contribution in [2.24, 2.45) is 0 Å². The van der Waals surface area contributed by atoms with Gasteiger partial charge in [0.15, 0.2) is 0 Å². The minimum Gasteiger partial charge on any atom is -0.467 e. The van der Waals surface area contributed by atoms with E-state index in [9.17, 15) is 0 Å². The number of rotatable bonds is 0. The molecule has 1 aliphatic rings. The van der Waals surface area contributed by atoms with Gasteiger partial charge in [-0.3, -0.25) is 0 Å². The number of nitrogens with one attached hydrogen (secondary N) is 1. The summed E-state index contributed by atoms with van der Waals surface area (Å²) >= 11 is 0. The third kappa shape index (κ3) is 0.979. The predicted molar refractivity (Wildman–Crippen MR) is 43.5 cm³/mol. The van der Waals surface area contributed by atoms with E-state index >= 15 is 0 Å². The molecule has 1 aliphatic heterocycles. The highest BCUT2D eigenvalue weighted by molar-refractivity contribution is 5.26. The average Bonchev–Trinajstić information content (AvgIpc) is 2.45. The maximum atomic E-state index is 5.38. The van der Waals surface area contributed by atoms with E-state index in [1.54, 1.807) is 6.26 Å². The average molecular weight is 151 g/mol. The van der Waals surface area contributed by atoms with E-state index in [2.05, 4.69) is 25.2 Å². The van der Waals surface area contributed by atoms with Crippen LogP contribution in [0, 0.1) is 0 Å². The molecule has 2 heterocycles. The molecule has 0 aromatic carbocycles. The molecule has 0 bridgehead atoms.